The van der Waals surface area contributed by atoms with Crippen molar-refractivity contribution in [1.82, 2.24) is 4.90 Å². The Bertz CT molecular complexity index is 377. The van der Waals surface area contributed by atoms with Crippen molar-refractivity contribution in [2.24, 2.45) is 11.7 Å². The van der Waals surface area contributed by atoms with E-state index in [1.54, 1.807) is 6.07 Å². The third-order valence-corrected chi connectivity index (χ3v) is 3.32. The lowest BCUT2D eigenvalue weighted by Crippen LogP contribution is -2.32. The van der Waals surface area contributed by atoms with Crippen molar-refractivity contribution in [2.75, 3.05) is 20.1 Å². The normalized spacial score (nSPS) is 13.3. The SMILES string of the molecule is Cc1ccc(F)c(C(CN)N(C)CCC(C)C)c1. The number of benzene rings is 1. The Morgan fingerprint density at radius 1 is 1.33 bits per heavy atom. The van der Waals surface area contributed by atoms with E-state index in [2.05, 4.69) is 18.7 Å². The molecule has 1 atom stereocenters. The molecule has 0 saturated carbocycles. The van der Waals surface area contributed by atoms with Gasteiger partial charge in [-0.15, -0.1) is 0 Å². The fourth-order valence-electron chi connectivity index (χ4n) is 2.08. The van der Waals surface area contributed by atoms with Gasteiger partial charge in [0.1, 0.15) is 5.82 Å². The number of aryl methyl sites for hydroxylation is 1. The predicted molar refractivity (Wildman–Crippen MR) is 75.0 cm³/mol. The van der Waals surface area contributed by atoms with E-state index in [9.17, 15) is 4.39 Å². The van der Waals surface area contributed by atoms with Crippen molar-refractivity contribution in [1.29, 1.82) is 0 Å². The van der Waals surface area contributed by atoms with Crippen LogP contribution in [-0.4, -0.2) is 25.0 Å². The number of hydrogen-bond acceptors (Lipinski definition) is 2. The lowest BCUT2D eigenvalue weighted by Gasteiger charge is -2.28. The van der Waals surface area contributed by atoms with Gasteiger partial charge in [-0.1, -0.05) is 31.5 Å². The average Bonchev–Trinajstić information content (AvgIpc) is 2.32. The van der Waals surface area contributed by atoms with E-state index in [1.165, 1.54) is 6.07 Å². The van der Waals surface area contributed by atoms with Gasteiger partial charge in [0.25, 0.3) is 0 Å². The molecule has 0 amide bonds. The molecule has 0 bridgehead atoms. The van der Waals surface area contributed by atoms with Gasteiger partial charge in [-0.3, -0.25) is 4.90 Å². The number of nitrogens with zero attached hydrogens (tertiary/aromatic N) is 1. The van der Waals surface area contributed by atoms with Crippen molar-refractivity contribution in [3.8, 4) is 0 Å². The Balaban J connectivity index is 2.84. The zero-order valence-electron chi connectivity index (χ0n) is 11.9. The highest BCUT2D eigenvalue weighted by Gasteiger charge is 2.19. The molecule has 0 aliphatic rings. The van der Waals surface area contributed by atoms with Crippen molar-refractivity contribution in [2.45, 2.75) is 33.2 Å². The minimum absolute atomic E-state index is 0.0383. The van der Waals surface area contributed by atoms with Gasteiger partial charge >= 0.3 is 0 Å². The summed E-state index contributed by atoms with van der Waals surface area (Å²) in [7, 11) is 2.02. The van der Waals surface area contributed by atoms with Crippen LogP contribution in [0.25, 0.3) is 0 Å². The van der Waals surface area contributed by atoms with Crippen LogP contribution >= 0.6 is 0 Å². The van der Waals surface area contributed by atoms with Crippen LogP contribution in [0.2, 0.25) is 0 Å². The van der Waals surface area contributed by atoms with Gasteiger partial charge in [0.15, 0.2) is 0 Å². The topological polar surface area (TPSA) is 29.3 Å². The quantitative estimate of drug-likeness (QED) is 0.843. The number of nitrogens with two attached hydrogens (primary N) is 1. The highest BCUT2D eigenvalue weighted by molar-refractivity contribution is 5.27. The maximum Gasteiger partial charge on any atom is 0.128 e. The van der Waals surface area contributed by atoms with Crippen LogP contribution in [0, 0.1) is 18.7 Å². The predicted octanol–water partition coefficient (Wildman–Crippen LogP) is 3.11. The van der Waals surface area contributed by atoms with Crippen molar-refractivity contribution in [3.05, 3.63) is 35.1 Å². The standard InChI is InChI=1S/C15H25FN2/c1-11(2)7-8-18(4)15(10-17)13-9-12(3)5-6-14(13)16/h5-6,9,11,15H,7-8,10,17H2,1-4H3. The highest BCUT2D eigenvalue weighted by atomic mass is 19.1. The molecule has 1 unspecified atom stereocenters. The van der Waals surface area contributed by atoms with Crippen LogP contribution in [0.4, 0.5) is 4.39 Å². The lowest BCUT2D eigenvalue weighted by molar-refractivity contribution is 0.231. The van der Waals surface area contributed by atoms with E-state index in [0.29, 0.717) is 18.0 Å². The summed E-state index contributed by atoms with van der Waals surface area (Å²) in [6.45, 7) is 7.74. The first-order valence-corrected chi connectivity index (χ1v) is 6.62. The molecular weight excluding hydrogens is 227 g/mol. The fraction of sp³-hybridized carbons (Fsp3) is 0.600. The minimum atomic E-state index is -0.160. The summed E-state index contributed by atoms with van der Waals surface area (Å²) in [5.74, 6) is 0.487. The van der Waals surface area contributed by atoms with Crippen molar-refractivity contribution in [3.63, 3.8) is 0 Å². The molecule has 3 heteroatoms. The molecule has 18 heavy (non-hydrogen) atoms. The molecule has 2 nitrogen and oxygen atoms in total. The third kappa shape index (κ3) is 4.07. The van der Waals surface area contributed by atoms with Crippen molar-refractivity contribution < 1.29 is 4.39 Å². The molecule has 1 aromatic rings. The third-order valence-electron chi connectivity index (χ3n) is 3.32. The Hall–Kier alpha value is -0.930. The van der Waals surface area contributed by atoms with Crippen LogP contribution in [0.5, 0.6) is 0 Å². The smallest absolute Gasteiger partial charge is 0.128 e. The van der Waals surface area contributed by atoms with Gasteiger partial charge in [0.2, 0.25) is 0 Å². The van der Waals surface area contributed by atoms with E-state index in [-0.39, 0.29) is 11.9 Å². The summed E-state index contributed by atoms with van der Waals surface area (Å²) < 4.78 is 13.9. The molecule has 2 N–H and O–H groups in total. The first-order chi connectivity index (χ1) is 8.45. The van der Waals surface area contributed by atoms with Gasteiger partial charge in [0, 0.05) is 18.2 Å². The fourth-order valence-corrected chi connectivity index (χ4v) is 2.08. The molecule has 1 aromatic carbocycles. The molecular formula is C15H25FN2. The summed E-state index contributed by atoms with van der Waals surface area (Å²) >= 11 is 0. The van der Waals surface area contributed by atoms with E-state index in [4.69, 9.17) is 5.73 Å². The van der Waals surface area contributed by atoms with Gasteiger partial charge in [-0.2, -0.15) is 0 Å². The number of likely N-dealkylation sites (N-methyl/N-ethyl adjacent to an activating group) is 1. The van der Waals surface area contributed by atoms with E-state index >= 15 is 0 Å². The van der Waals surface area contributed by atoms with Gasteiger partial charge in [0.05, 0.1) is 0 Å². The molecule has 0 aromatic heterocycles. The first-order valence-electron chi connectivity index (χ1n) is 6.62. The maximum atomic E-state index is 13.9. The maximum absolute atomic E-state index is 13.9. The Morgan fingerprint density at radius 3 is 2.56 bits per heavy atom. The second-order valence-electron chi connectivity index (χ2n) is 5.44. The van der Waals surface area contributed by atoms with E-state index in [1.807, 2.05) is 20.0 Å². The Morgan fingerprint density at radius 2 is 2.00 bits per heavy atom. The second kappa shape index (κ2) is 6.86. The zero-order valence-corrected chi connectivity index (χ0v) is 11.9. The minimum Gasteiger partial charge on any atom is -0.329 e. The summed E-state index contributed by atoms with van der Waals surface area (Å²) in [5, 5.41) is 0. The van der Waals surface area contributed by atoms with Crippen LogP contribution in [-0.2, 0) is 0 Å². The largest absolute Gasteiger partial charge is 0.329 e. The number of halogens is 1. The Kier molecular flexibility index (Phi) is 5.76. The first kappa shape index (κ1) is 15.1. The van der Waals surface area contributed by atoms with Gasteiger partial charge < -0.3 is 5.73 Å². The zero-order chi connectivity index (χ0) is 13.7. The highest BCUT2D eigenvalue weighted by Crippen LogP contribution is 2.23. The molecule has 0 saturated heterocycles. The molecule has 102 valence electrons. The molecule has 0 aliphatic heterocycles. The lowest BCUT2D eigenvalue weighted by atomic mass is 10.0. The monoisotopic (exact) mass is 252 g/mol. The number of hydrogen-bond donors (Lipinski definition) is 1. The van der Waals surface area contributed by atoms with Crippen molar-refractivity contribution >= 4 is 0 Å². The molecule has 1 rings (SSSR count). The van der Waals surface area contributed by atoms with Crippen LogP contribution in [0.3, 0.4) is 0 Å². The summed E-state index contributed by atoms with van der Waals surface area (Å²) in [5.41, 5.74) is 7.61. The van der Waals surface area contributed by atoms with E-state index < -0.39 is 0 Å². The number of rotatable bonds is 6. The molecule has 0 heterocycles. The van der Waals surface area contributed by atoms with Gasteiger partial charge in [-0.25, -0.2) is 4.39 Å². The van der Waals surface area contributed by atoms with E-state index in [0.717, 1.165) is 18.5 Å². The Labute approximate surface area is 110 Å². The summed E-state index contributed by atoms with van der Waals surface area (Å²) in [6.07, 6.45) is 1.10. The second-order valence-corrected chi connectivity index (χ2v) is 5.44. The van der Waals surface area contributed by atoms with Crippen LogP contribution in [0.15, 0.2) is 18.2 Å². The van der Waals surface area contributed by atoms with Crippen LogP contribution < -0.4 is 5.73 Å². The summed E-state index contributed by atoms with van der Waals surface area (Å²) in [4.78, 5) is 2.15. The van der Waals surface area contributed by atoms with Crippen LogP contribution in [0.1, 0.15) is 37.4 Å². The molecule has 0 spiro atoms. The molecule has 0 aliphatic carbocycles. The molecule has 0 fully saturated rings. The average molecular weight is 252 g/mol. The van der Waals surface area contributed by atoms with Gasteiger partial charge in [-0.05, 0) is 38.9 Å². The summed E-state index contributed by atoms with van der Waals surface area (Å²) in [6, 6.07) is 5.19. The molecule has 0 radical (unpaired) electrons.